The average Bonchev–Trinajstić information content (AvgIpc) is 3.23. The molecule has 1 unspecified atom stereocenters. The van der Waals surface area contributed by atoms with Crippen LogP contribution in [0, 0.1) is 0 Å². The predicted octanol–water partition coefficient (Wildman–Crippen LogP) is 7.14. The van der Waals surface area contributed by atoms with Gasteiger partial charge in [0.25, 0.3) is 0 Å². The van der Waals surface area contributed by atoms with Crippen LogP contribution in [-0.4, -0.2) is 30.4 Å². The minimum Gasteiger partial charge on any atom is -0.364 e. The lowest BCUT2D eigenvalue weighted by atomic mass is 9.77. The summed E-state index contributed by atoms with van der Waals surface area (Å²) in [7, 11) is 2.16. The smallest absolute Gasteiger partial charge is 0.209 e. The number of hydrogen-bond donors (Lipinski definition) is 0. The largest absolute Gasteiger partial charge is 0.364 e. The van der Waals surface area contributed by atoms with E-state index in [1.54, 1.807) is 0 Å². The van der Waals surface area contributed by atoms with Crippen molar-refractivity contribution in [3.63, 3.8) is 0 Å². The Morgan fingerprint density at radius 1 is 1.14 bits per heavy atom. The second kappa shape index (κ2) is 8.84. The summed E-state index contributed by atoms with van der Waals surface area (Å²) in [5, 5.41) is 2.18. The minimum atomic E-state index is -0.0118. The molecule has 1 aliphatic heterocycles. The van der Waals surface area contributed by atoms with E-state index in [1.165, 1.54) is 39.7 Å². The van der Waals surface area contributed by atoms with E-state index in [0.717, 1.165) is 24.5 Å². The van der Waals surface area contributed by atoms with E-state index < -0.39 is 0 Å². The summed E-state index contributed by atoms with van der Waals surface area (Å²) in [6.07, 6.45) is 8.10. The van der Waals surface area contributed by atoms with Crippen molar-refractivity contribution in [1.29, 1.82) is 0 Å². The topological polar surface area (TPSA) is 6.25 Å². The second-order valence-corrected chi connectivity index (χ2v) is 9.26. The SMILES string of the molecule is CCCCN(CC)c1ccc(/C=C/C2=[N+](C)c3ccc(Cl)cc3C2(C)CC)s1. The van der Waals surface area contributed by atoms with Crippen LogP contribution in [0.4, 0.5) is 10.7 Å². The average molecular weight is 416 g/mol. The van der Waals surface area contributed by atoms with Gasteiger partial charge in [-0.15, -0.1) is 11.3 Å². The van der Waals surface area contributed by atoms with Crippen molar-refractivity contribution in [2.75, 3.05) is 25.0 Å². The molecule has 1 aromatic carbocycles. The van der Waals surface area contributed by atoms with E-state index in [2.05, 4.69) is 80.6 Å². The zero-order valence-electron chi connectivity index (χ0n) is 17.8. The van der Waals surface area contributed by atoms with Crippen molar-refractivity contribution in [3.8, 4) is 0 Å². The van der Waals surface area contributed by atoms with Crippen LogP contribution in [0.5, 0.6) is 0 Å². The highest BCUT2D eigenvalue weighted by atomic mass is 35.5. The summed E-state index contributed by atoms with van der Waals surface area (Å²) >= 11 is 8.19. The molecule has 0 saturated carbocycles. The number of anilines is 1. The molecule has 0 N–H and O–H groups in total. The van der Waals surface area contributed by atoms with E-state index in [1.807, 2.05) is 17.4 Å². The third kappa shape index (κ3) is 3.92. The van der Waals surface area contributed by atoms with Crippen molar-refractivity contribution in [1.82, 2.24) is 0 Å². The van der Waals surface area contributed by atoms with Crippen molar-refractivity contribution < 1.29 is 4.58 Å². The van der Waals surface area contributed by atoms with Gasteiger partial charge < -0.3 is 4.90 Å². The van der Waals surface area contributed by atoms with Gasteiger partial charge in [-0.05, 0) is 57.0 Å². The molecule has 0 radical (unpaired) electrons. The summed E-state index contributed by atoms with van der Waals surface area (Å²) in [6.45, 7) is 11.3. The van der Waals surface area contributed by atoms with E-state index in [0.29, 0.717) is 0 Å². The van der Waals surface area contributed by atoms with Crippen LogP contribution in [0.25, 0.3) is 6.08 Å². The first-order valence-corrected chi connectivity index (χ1v) is 11.6. The van der Waals surface area contributed by atoms with Gasteiger partial charge in [0.05, 0.1) is 10.4 Å². The molecule has 1 aromatic heterocycles. The Balaban J connectivity index is 1.87. The molecule has 0 aliphatic carbocycles. The number of fused-ring (bicyclic) bond motifs is 1. The molecule has 0 amide bonds. The van der Waals surface area contributed by atoms with Gasteiger partial charge in [-0.1, -0.05) is 31.9 Å². The van der Waals surface area contributed by atoms with Crippen LogP contribution in [0.3, 0.4) is 0 Å². The van der Waals surface area contributed by atoms with Gasteiger partial charge in [-0.2, -0.15) is 4.58 Å². The maximum absolute atomic E-state index is 6.31. The molecule has 3 rings (SSSR count). The standard InChI is InChI=1S/C24H32ClN2S/c1-6-9-16-27(8-3)23-15-12-19(28-23)11-14-22-24(4,7-2)20-17-18(25)10-13-21(20)26(22)5/h10-15,17H,6-9,16H2,1-5H3/q+1. The van der Waals surface area contributed by atoms with Gasteiger partial charge in [-0.25, -0.2) is 0 Å². The molecule has 0 fully saturated rings. The van der Waals surface area contributed by atoms with Gasteiger partial charge in [0, 0.05) is 40.7 Å². The molecule has 150 valence electrons. The van der Waals surface area contributed by atoms with Gasteiger partial charge in [0.2, 0.25) is 5.69 Å². The Kier molecular flexibility index (Phi) is 6.67. The van der Waals surface area contributed by atoms with Crippen molar-refractivity contribution in [2.24, 2.45) is 0 Å². The highest BCUT2D eigenvalue weighted by molar-refractivity contribution is 7.16. The fourth-order valence-corrected chi connectivity index (χ4v) is 5.26. The number of rotatable bonds is 8. The summed E-state index contributed by atoms with van der Waals surface area (Å²) in [5.74, 6) is 0. The fraction of sp³-hybridized carbons (Fsp3) is 0.458. The van der Waals surface area contributed by atoms with Gasteiger partial charge in [-0.3, -0.25) is 0 Å². The molecule has 2 nitrogen and oxygen atoms in total. The Morgan fingerprint density at radius 2 is 1.93 bits per heavy atom. The van der Waals surface area contributed by atoms with Crippen LogP contribution < -0.4 is 4.90 Å². The predicted molar refractivity (Wildman–Crippen MR) is 126 cm³/mol. The van der Waals surface area contributed by atoms with Crippen molar-refractivity contribution >= 4 is 45.4 Å². The summed E-state index contributed by atoms with van der Waals surface area (Å²) < 4.78 is 2.32. The monoisotopic (exact) mass is 415 g/mol. The quantitative estimate of drug-likeness (QED) is 0.415. The second-order valence-electron chi connectivity index (χ2n) is 7.73. The van der Waals surface area contributed by atoms with Gasteiger partial charge >= 0.3 is 0 Å². The number of benzene rings is 1. The van der Waals surface area contributed by atoms with Crippen LogP contribution in [0.2, 0.25) is 5.02 Å². The Morgan fingerprint density at radius 3 is 2.61 bits per heavy atom. The molecule has 2 heterocycles. The van der Waals surface area contributed by atoms with Gasteiger partial charge in [0.1, 0.15) is 7.05 Å². The van der Waals surface area contributed by atoms with Crippen LogP contribution >= 0.6 is 22.9 Å². The maximum atomic E-state index is 6.31. The molecular formula is C24H32ClN2S+. The van der Waals surface area contributed by atoms with Crippen molar-refractivity contribution in [2.45, 2.75) is 52.4 Å². The summed E-state index contributed by atoms with van der Waals surface area (Å²) in [6, 6.07) is 10.8. The molecule has 4 heteroatoms. The number of allylic oxidation sites excluding steroid dienone is 1. The zero-order chi connectivity index (χ0) is 20.3. The number of hydrogen-bond acceptors (Lipinski definition) is 2. The molecule has 28 heavy (non-hydrogen) atoms. The van der Waals surface area contributed by atoms with Crippen LogP contribution in [0.15, 0.2) is 36.4 Å². The first-order valence-electron chi connectivity index (χ1n) is 10.4. The molecule has 1 atom stereocenters. The zero-order valence-corrected chi connectivity index (χ0v) is 19.3. The molecule has 0 saturated heterocycles. The lowest BCUT2D eigenvalue weighted by Gasteiger charge is -2.20. The number of nitrogens with zero attached hydrogens (tertiary/aromatic N) is 2. The molecule has 1 aliphatic rings. The normalized spacial score (nSPS) is 18.9. The lowest BCUT2D eigenvalue weighted by molar-refractivity contribution is -0.401. The fourth-order valence-electron chi connectivity index (χ4n) is 4.08. The van der Waals surface area contributed by atoms with Crippen molar-refractivity contribution in [3.05, 3.63) is 51.9 Å². The first kappa shape index (κ1) is 21.1. The summed E-state index contributed by atoms with van der Waals surface area (Å²) in [5.41, 5.74) is 3.91. The van der Waals surface area contributed by atoms with Gasteiger partial charge in [0.15, 0.2) is 5.71 Å². The molecule has 0 spiro atoms. The Bertz CT molecular complexity index is 896. The number of halogens is 1. The van der Waals surface area contributed by atoms with Crippen LogP contribution in [-0.2, 0) is 5.41 Å². The molecule has 0 bridgehead atoms. The van der Waals surface area contributed by atoms with Crippen LogP contribution in [0.1, 0.15) is 57.4 Å². The molecular weight excluding hydrogens is 384 g/mol. The highest BCUT2D eigenvalue weighted by Crippen LogP contribution is 2.43. The summed E-state index contributed by atoms with van der Waals surface area (Å²) in [4.78, 5) is 3.78. The maximum Gasteiger partial charge on any atom is 0.209 e. The minimum absolute atomic E-state index is 0.0118. The Hall–Kier alpha value is -1.58. The number of unbranched alkanes of at least 4 members (excludes halogenated alkanes) is 1. The Labute approximate surface area is 179 Å². The third-order valence-electron chi connectivity index (χ3n) is 6.04. The molecule has 2 aromatic rings. The van der Waals surface area contributed by atoms with E-state index in [9.17, 15) is 0 Å². The first-order chi connectivity index (χ1) is 13.4. The number of thiophene rings is 1. The van der Waals surface area contributed by atoms with E-state index in [4.69, 9.17) is 11.6 Å². The van der Waals surface area contributed by atoms with E-state index in [-0.39, 0.29) is 5.41 Å². The lowest BCUT2D eigenvalue weighted by Crippen LogP contribution is -2.29. The van der Waals surface area contributed by atoms with E-state index >= 15 is 0 Å². The highest BCUT2D eigenvalue weighted by Gasteiger charge is 2.45. The third-order valence-corrected chi connectivity index (χ3v) is 7.39.